The molecule has 0 N–H and O–H groups in total. The first-order chi connectivity index (χ1) is 18.8. The zero-order valence-corrected chi connectivity index (χ0v) is 20.5. The number of rotatable bonds is 3. The molecule has 0 unspecified atom stereocenters. The van der Waals surface area contributed by atoms with Crippen molar-refractivity contribution in [3.05, 3.63) is 133 Å². The van der Waals surface area contributed by atoms with Crippen LogP contribution in [0.1, 0.15) is 5.56 Å². The lowest BCUT2D eigenvalue weighted by molar-refractivity contribution is 1.23. The van der Waals surface area contributed by atoms with Gasteiger partial charge < -0.3 is 0 Å². The van der Waals surface area contributed by atoms with Gasteiger partial charge in [-0.1, -0.05) is 97.1 Å². The minimum atomic E-state index is 0.577. The number of fused-ring (bicyclic) bond motifs is 4. The van der Waals surface area contributed by atoms with E-state index < -0.39 is 0 Å². The van der Waals surface area contributed by atoms with Gasteiger partial charge in [0.2, 0.25) is 0 Å². The van der Waals surface area contributed by atoms with Gasteiger partial charge >= 0.3 is 0 Å². The van der Waals surface area contributed by atoms with Gasteiger partial charge in [-0.15, -0.1) is 0 Å². The van der Waals surface area contributed by atoms with Crippen molar-refractivity contribution in [3.8, 4) is 39.8 Å². The summed E-state index contributed by atoms with van der Waals surface area (Å²) in [7, 11) is 0. The molecule has 0 atom stereocenters. The number of hydrogen-bond donors (Lipinski definition) is 0. The van der Waals surface area contributed by atoms with E-state index in [4.69, 9.17) is 9.97 Å². The summed E-state index contributed by atoms with van der Waals surface area (Å²) in [6.45, 7) is 0. The lowest BCUT2D eigenvalue weighted by Crippen LogP contribution is -1.96. The van der Waals surface area contributed by atoms with Crippen LogP contribution >= 0.6 is 0 Å². The first kappa shape index (κ1) is 21.9. The number of hydrogen-bond acceptors (Lipinski definition) is 3. The van der Waals surface area contributed by atoms with Crippen LogP contribution in [0.25, 0.3) is 66.2 Å². The quantitative estimate of drug-likeness (QED) is 0.236. The molecule has 7 aromatic rings. The van der Waals surface area contributed by atoms with Crippen molar-refractivity contribution in [1.82, 2.24) is 9.97 Å². The first-order valence-electron chi connectivity index (χ1n) is 12.6. The van der Waals surface area contributed by atoms with E-state index in [1.807, 2.05) is 48.5 Å². The lowest BCUT2D eigenvalue weighted by Gasteiger charge is -2.13. The maximum Gasteiger partial charge on any atom is 0.160 e. The Balaban J connectivity index is 1.50. The summed E-state index contributed by atoms with van der Waals surface area (Å²) >= 11 is 0. The van der Waals surface area contributed by atoms with Gasteiger partial charge in [-0.25, -0.2) is 9.97 Å². The highest BCUT2D eigenvalue weighted by molar-refractivity contribution is 6.14. The van der Waals surface area contributed by atoms with E-state index in [1.54, 1.807) is 0 Å². The average Bonchev–Trinajstić information content (AvgIpc) is 3.00. The molecule has 0 radical (unpaired) electrons. The highest BCUT2D eigenvalue weighted by Gasteiger charge is 2.15. The van der Waals surface area contributed by atoms with Crippen molar-refractivity contribution >= 4 is 32.4 Å². The van der Waals surface area contributed by atoms with Crippen LogP contribution in [0.15, 0.2) is 127 Å². The number of nitriles is 1. The molecule has 0 aliphatic carbocycles. The monoisotopic (exact) mass is 483 g/mol. The van der Waals surface area contributed by atoms with E-state index in [0.29, 0.717) is 11.4 Å². The Morgan fingerprint density at radius 3 is 1.97 bits per heavy atom. The Morgan fingerprint density at radius 2 is 1.16 bits per heavy atom. The Morgan fingerprint density at radius 1 is 0.500 bits per heavy atom. The summed E-state index contributed by atoms with van der Waals surface area (Å²) in [5.41, 5.74) is 6.24. The largest absolute Gasteiger partial charge is 0.228 e. The van der Waals surface area contributed by atoms with E-state index in [0.717, 1.165) is 44.2 Å². The molecule has 0 saturated heterocycles. The molecule has 3 nitrogen and oxygen atoms in total. The van der Waals surface area contributed by atoms with Crippen LogP contribution in [0.3, 0.4) is 0 Å². The molecule has 3 heteroatoms. The van der Waals surface area contributed by atoms with Gasteiger partial charge in [0.1, 0.15) is 0 Å². The van der Waals surface area contributed by atoms with E-state index >= 15 is 0 Å². The second kappa shape index (κ2) is 8.96. The highest BCUT2D eigenvalue weighted by atomic mass is 14.9. The molecule has 0 saturated carbocycles. The fourth-order valence-electron chi connectivity index (χ4n) is 5.29. The molecule has 176 valence electrons. The van der Waals surface area contributed by atoms with Gasteiger partial charge in [-0.3, -0.25) is 0 Å². The normalized spacial score (nSPS) is 11.1. The predicted octanol–water partition coefficient (Wildman–Crippen LogP) is 8.81. The molecule has 1 aromatic heterocycles. The molecule has 1 heterocycles. The Kier molecular flexibility index (Phi) is 5.17. The molecular formula is C35H21N3. The molecule has 0 bridgehead atoms. The van der Waals surface area contributed by atoms with Gasteiger partial charge in [0.15, 0.2) is 5.82 Å². The van der Waals surface area contributed by atoms with Crippen molar-refractivity contribution in [2.24, 2.45) is 0 Å². The van der Waals surface area contributed by atoms with E-state index in [-0.39, 0.29) is 0 Å². The maximum absolute atomic E-state index is 9.98. The first-order valence-corrected chi connectivity index (χ1v) is 12.6. The van der Waals surface area contributed by atoms with Crippen LogP contribution in [0.4, 0.5) is 0 Å². The van der Waals surface area contributed by atoms with Crippen molar-refractivity contribution in [2.45, 2.75) is 0 Å². The van der Waals surface area contributed by atoms with Crippen molar-refractivity contribution < 1.29 is 0 Å². The summed E-state index contributed by atoms with van der Waals surface area (Å²) in [6.07, 6.45) is 0. The second-order valence-electron chi connectivity index (χ2n) is 9.38. The van der Waals surface area contributed by atoms with Crippen molar-refractivity contribution in [2.75, 3.05) is 0 Å². The Labute approximate surface area is 220 Å². The third-order valence-corrected chi connectivity index (χ3v) is 7.05. The number of aromatic nitrogens is 2. The highest BCUT2D eigenvalue weighted by Crippen LogP contribution is 2.37. The minimum Gasteiger partial charge on any atom is -0.228 e. The standard InChI is InChI=1S/C35H21N3/c36-22-23-18-26(32-21-25-12-4-5-13-28(25)29-14-6-7-15-30(29)32)20-27(19-23)35-37-33-17-9-8-16-31(33)34(38-35)24-10-2-1-3-11-24/h1-21H. The lowest BCUT2D eigenvalue weighted by atomic mass is 9.91. The van der Waals surface area contributed by atoms with E-state index in [1.165, 1.54) is 16.2 Å². The smallest absolute Gasteiger partial charge is 0.160 e. The van der Waals surface area contributed by atoms with Gasteiger partial charge in [0.05, 0.1) is 22.8 Å². The Bertz CT molecular complexity index is 2040. The van der Waals surface area contributed by atoms with Crippen molar-refractivity contribution in [1.29, 1.82) is 5.26 Å². The molecule has 0 amide bonds. The van der Waals surface area contributed by atoms with Gasteiger partial charge in [-0.05, 0) is 63.0 Å². The number of para-hydroxylation sites is 1. The van der Waals surface area contributed by atoms with Crippen LogP contribution in [-0.2, 0) is 0 Å². The number of nitrogens with zero attached hydrogens (tertiary/aromatic N) is 3. The van der Waals surface area contributed by atoms with Crippen LogP contribution in [0.5, 0.6) is 0 Å². The molecule has 0 aliphatic heterocycles. The van der Waals surface area contributed by atoms with Gasteiger partial charge in [-0.2, -0.15) is 5.26 Å². The minimum absolute atomic E-state index is 0.577. The summed E-state index contributed by atoms with van der Waals surface area (Å²) in [5, 5.41) is 15.7. The third-order valence-electron chi connectivity index (χ3n) is 7.05. The van der Waals surface area contributed by atoms with Crippen LogP contribution in [0, 0.1) is 11.3 Å². The molecular weight excluding hydrogens is 462 g/mol. The topological polar surface area (TPSA) is 49.6 Å². The summed E-state index contributed by atoms with van der Waals surface area (Å²) < 4.78 is 0. The van der Waals surface area contributed by atoms with Gasteiger partial charge in [0.25, 0.3) is 0 Å². The van der Waals surface area contributed by atoms with E-state index in [9.17, 15) is 5.26 Å². The SMILES string of the molecule is N#Cc1cc(-c2nc(-c3ccccc3)c3ccccc3n2)cc(-c2cc3ccccc3c3ccccc23)c1. The average molecular weight is 484 g/mol. The molecule has 0 fully saturated rings. The number of benzene rings is 6. The zero-order chi connectivity index (χ0) is 25.5. The van der Waals surface area contributed by atoms with Crippen molar-refractivity contribution in [3.63, 3.8) is 0 Å². The van der Waals surface area contributed by atoms with Crippen LogP contribution < -0.4 is 0 Å². The molecule has 7 rings (SSSR count). The van der Waals surface area contributed by atoms with Gasteiger partial charge in [0, 0.05) is 16.5 Å². The van der Waals surface area contributed by atoms with Crippen LogP contribution in [-0.4, -0.2) is 9.97 Å². The molecule has 6 aromatic carbocycles. The fraction of sp³-hybridized carbons (Fsp3) is 0. The molecule has 38 heavy (non-hydrogen) atoms. The third kappa shape index (κ3) is 3.68. The second-order valence-corrected chi connectivity index (χ2v) is 9.38. The summed E-state index contributed by atoms with van der Waals surface area (Å²) in [5.74, 6) is 0.603. The molecule has 0 aliphatic rings. The van der Waals surface area contributed by atoms with E-state index in [2.05, 4.69) is 84.9 Å². The molecule has 0 spiro atoms. The fourth-order valence-corrected chi connectivity index (χ4v) is 5.29. The zero-order valence-electron chi connectivity index (χ0n) is 20.5. The summed E-state index contributed by atoms with van der Waals surface area (Å²) in [4.78, 5) is 9.98. The van der Waals surface area contributed by atoms with Crippen LogP contribution in [0.2, 0.25) is 0 Å². The predicted molar refractivity (Wildman–Crippen MR) is 156 cm³/mol. The maximum atomic E-state index is 9.98. The Hall–Kier alpha value is -5.33. The summed E-state index contributed by atoms with van der Waals surface area (Å²) in [6, 6.07) is 45.6.